The van der Waals surface area contributed by atoms with Crippen molar-refractivity contribution in [3.05, 3.63) is 48.0 Å². The molecule has 2 nitrogen and oxygen atoms in total. The quantitative estimate of drug-likeness (QED) is 0.722. The summed E-state index contributed by atoms with van der Waals surface area (Å²) in [4.78, 5) is 3.82. The standard InChI is InChI=1S/C12H11FN2/c1-8-2-3-11(14)5-12(8)9-4-10(13)7-15-6-9/h2-7H,14H2,1H3. The largest absolute Gasteiger partial charge is 0.399 e. The summed E-state index contributed by atoms with van der Waals surface area (Å²) in [6.07, 6.45) is 2.82. The van der Waals surface area contributed by atoms with Crippen LogP contribution in [0.15, 0.2) is 36.7 Å². The highest BCUT2D eigenvalue weighted by Gasteiger charge is 2.03. The first-order chi connectivity index (χ1) is 7.16. The highest BCUT2D eigenvalue weighted by molar-refractivity contribution is 5.70. The van der Waals surface area contributed by atoms with E-state index in [2.05, 4.69) is 4.98 Å². The van der Waals surface area contributed by atoms with Crippen LogP contribution in [-0.2, 0) is 0 Å². The minimum Gasteiger partial charge on any atom is -0.399 e. The summed E-state index contributed by atoms with van der Waals surface area (Å²) in [6.45, 7) is 1.96. The van der Waals surface area contributed by atoms with Crippen LogP contribution in [0.1, 0.15) is 5.56 Å². The van der Waals surface area contributed by atoms with Gasteiger partial charge < -0.3 is 5.73 Å². The second-order valence-corrected chi connectivity index (χ2v) is 3.47. The Morgan fingerprint density at radius 1 is 1.20 bits per heavy atom. The Hall–Kier alpha value is -1.90. The van der Waals surface area contributed by atoms with Gasteiger partial charge in [-0.25, -0.2) is 4.39 Å². The van der Waals surface area contributed by atoms with Gasteiger partial charge in [-0.2, -0.15) is 0 Å². The maximum atomic E-state index is 13.0. The molecule has 0 fully saturated rings. The van der Waals surface area contributed by atoms with Crippen LogP contribution in [0.4, 0.5) is 10.1 Å². The number of hydrogen-bond acceptors (Lipinski definition) is 2. The van der Waals surface area contributed by atoms with E-state index in [1.807, 2.05) is 25.1 Å². The Bertz CT molecular complexity index is 495. The third kappa shape index (κ3) is 1.96. The van der Waals surface area contributed by atoms with Crippen molar-refractivity contribution in [2.24, 2.45) is 0 Å². The van der Waals surface area contributed by atoms with Crippen LogP contribution in [0, 0.1) is 12.7 Å². The molecule has 0 saturated carbocycles. The second-order valence-electron chi connectivity index (χ2n) is 3.47. The first kappa shape index (κ1) is 9.65. The first-order valence-corrected chi connectivity index (χ1v) is 4.64. The van der Waals surface area contributed by atoms with Crippen LogP contribution in [-0.4, -0.2) is 4.98 Å². The van der Waals surface area contributed by atoms with Gasteiger partial charge in [0.25, 0.3) is 0 Å². The molecule has 2 aromatic rings. The lowest BCUT2D eigenvalue weighted by Crippen LogP contribution is -1.90. The molecule has 0 aliphatic carbocycles. The van der Waals surface area contributed by atoms with Crippen LogP contribution in [0.3, 0.4) is 0 Å². The first-order valence-electron chi connectivity index (χ1n) is 4.64. The summed E-state index contributed by atoms with van der Waals surface area (Å²) in [5.74, 6) is -0.339. The molecule has 2 N–H and O–H groups in total. The number of hydrogen-bond donors (Lipinski definition) is 1. The van der Waals surface area contributed by atoms with E-state index in [1.54, 1.807) is 6.20 Å². The number of aryl methyl sites for hydroxylation is 1. The maximum Gasteiger partial charge on any atom is 0.142 e. The van der Waals surface area contributed by atoms with Gasteiger partial charge in [0.1, 0.15) is 5.82 Å². The third-order valence-corrected chi connectivity index (χ3v) is 2.28. The number of nitrogens with two attached hydrogens (primary N) is 1. The van der Waals surface area contributed by atoms with Crippen molar-refractivity contribution in [3.63, 3.8) is 0 Å². The van der Waals surface area contributed by atoms with Gasteiger partial charge in [-0.1, -0.05) is 6.07 Å². The van der Waals surface area contributed by atoms with Crippen molar-refractivity contribution in [2.45, 2.75) is 6.92 Å². The fraction of sp³-hybridized carbons (Fsp3) is 0.0833. The Labute approximate surface area is 87.6 Å². The molecule has 0 saturated heterocycles. The van der Waals surface area contributed by atoms with Gasteiger partial charge in [0.2, 0.25) is 0 Å². The average Bonchev–Trinajstić information content (AvgIpc) is 2.22. The van der Waals surface area contributed by atoms with Gasteiger partial charge in [-0.15, -0.1) is 0 Å². The summed E-state index contributed by atoms with van der Waals surface area (Å²) >= 11 is 0. The Kier molecular flexibility index (Phi) is 2.37. The molecule has 0 aliphatic rings. The van der Waals surface area contributed by atoms with Crippen molar-refractivity contribution in [2.75, 3.05) is 5.73 Å². The fourth-order valence-corrected chi connectivity index (χ4v) is 1.51. The van der Waals surface area contributed by atoms with Crippen molar-refractivity contribution >= 4 is 5.69 Å². The number of anilines is 1. The normalized spacial score (nSPS) is 10.3. The molecule has 2 rings (SSSR count). The highest BCUT2D eigenvalue weighted by Crippen LogP contribution is 2.25. The van der Waals surface area contributed by atoms with E-state index >= 15 is 0 Å². The molecule has 1 aromatic carbocycles. The molecule has 0 radical (unpaired) electrons. The molecule has 76 valence electrons. The van der Waals surface area contributed by atoms with Gasteiger partial charge in [0.05, 0.1) is 6.20 Å². The number of benzene rings is 1. The number of halogens is 1. The van der Waals surface area contributed by atoms with Gasteiger partial charge in [0.15, 0.2) is 0 Å². The maximum absolute atomic E-state index is 13.0. The molecule has 0 atom stereocenters. The average molecular weight is 202 g/mol. The fourth-order valence-electron chi connectivity index (χ4n) is 1.51. The van der Waals surface area contributed by atoms with Gasteiger partial charge in [0, 0.05) is 17.4 Å². The molecule has 0 unspecified atom stereocenters. The summed E-state index contributed by atoms with van der Waals surface area (Å²) < 4.78 is 13.0. The topological polar surface area (TPSA) is 38.9 Å². The van der Waals surface area contributed by atoms with E-state index in [4.69, 9.17) is 5.73 Å². The summed E-state index contributed by atoms with van der Waals surface area (Å²) in [5.41, 5.74) is 9.08. The van der Waals surface area contributed by atoms with Crippen molar-refractivity contribution in [1.29, 1.82) is 0 Å². The molecule has 15 heavy (non-hydrogen) atoms. The molecular weight excluding hydrogens is 191 g/mol. The molecule has 0 bridgehead atoms. The van der Waals surface area contributed by atoms with Crippen LogP contribution in [0.2, 0.25) is 0 Å². The zero-order chi connectivity index (χ0) is 10.8. The van der Waals surface area contributed by atoms with Crippen LogP contribution < -0.4 is 5.73 Å². The van der Waals surface area contributed by atoms with Crippen LogP contribution >= 0.6 is 0 Å². The number of pyridine rings is 1. The minimum atomic E-state index is -0.339. The molecule has 0 aliphatic heterocycles. The molecule has 1 aromatic heterocycles. The number of nitrogens with zero attached hydrogens (tertiary/aromatic N) is 1. The smallest absolute Gasteiger partial charge is 0.142 e. The van der Waals surface area contributed by atoms with E-state index in [0.717, 1.165) is 16.7 Å². The molecule has 1 heterocycles. The molecule has 3 heteroatoms. The van der Waals surface area contributed by atoms with E-state index < -0.39 is 0 Å². The van der Waals surface area contributed by atoms with E-state index in [-0.39, 0.29) is 5.82 Å². The Morgan fingerprint density at radius 2 is 2.00 bits per heavy atom. The zero-order valence-electron chi connectivity index (χ0n) is 8.37. The second kappa shape index (κ2) is 3.69. The number of rotatable bonds is 1. The van der Waals surface area contributed by atoms with Crippen molar-refractivity contribution in [1.82, 2.24) is 4.98 Å². The van der Waals surface area contributed by atoms with Gasteiger partial charge in [-0.05, 0) is 36.2 Å². The highest BCUT2D eigenvalue weighted by atomic mass is 19.1. The van der Waals surface area contributed by atoms with E-state index in [9.17, 15) is 4.39 Å². The van der Waals surface area contributed by atoms with E-state index in [1.165, 1.54) is 12.3 Å². The Balaban J connectivity index is 2.58. The van der Waals surface area contributed by atoms with Crippen LogP contribution in [0.25, 0.3) is 11.1 Å². The summed E-state index contributed by atoms with van der Waals surface area (Å²) in [5, 5.41) is 0. The zero-order valence-corrected chi connectivity index (χ0v) is 8.37. The summed E-state index contributed by atoms with van der Waals surface area (Å²) in [6, 6.07) is 7.02. The molecular formula is C12H11FN2. The monoisotopic (exact) mass is 202 g/mol. The lowest BCUT2D eigenvalue weighted by Gasteiger charge is -2.06. The lowest BCUT2D eigenvalue weighted by atomic mass is 10.0. The number of aromatic nitrogens is 1. The minimum absolute atomic E-state index is 0.339. The van der Waals surface area contributed by atoms with Crippen molar-refractivity contribution in [3.8, 4) is 11.1 Å². The van der Waals surface area contributed by atoms with E-state index in [0.29, 0.717) is 5.69 Å². The molecule has 0 amide bonds. The SMILES string of the molecule is Cc1ccc(N)cc1-c1cncc(F)c1. The third-order valence-electron chi connectivity index (χ3n) is 2.28. The predicted molar refractivity (Wildman–Crippen MR) is 58.8 cm³/mol. The van der Waals surface area contributed by atoms with Gasteiger partial charge >= 0.3 is 0 Å². The van der Waals surface area contributed by atoms with Crippen LogP contribution in [0.5, 0.6) is 0 Å². The predicted octanol–water partition coefficient (Wildman–Crippen LogP) is 2.78. The summed E-state index contributed by atoms with van der Waals surface area (Å²) in [7, 11) is 0. The Morgan fingerprint density at radius 3 is 2.73 bits per heavy atom. The molecule has 0 spiro atoms. The van der Waals surface area contributed by atoms with Gasteiger partial charge in [-0.3, -0.25) is 4.98 Å². The van der Waals surface area contributed by atoms with Crippen molar-refractivity contribution < 1.29 is 4.39 Å². The lowest BCUT2D eigenvalue weighted by molar-refractivity contribution is 0.622. The number of nitrogen functional groups attached to an aromatic ring is 1.